The minimum absolute atomic E-state index is 0.232. The Morgan fingerprint density at radius 3 is 2.54 bits per heavy atom. The lowest BCUT2D eigenvalue weighted by atomic mass is 10.2. The summed E-state index contributed by atoms with van der Waals surface area (Å²) in [4.78, 5) is 2.52. The van der Waals surface area contributed by atoms with E-state index >= 15 is 0 Å². The van der Waals surface area contributed by atoms with Crippen molar-refractivity contribution in [2.75, 3.05) is 31.1 Å². The molecule has 1 aliphatic rings. The van der Waals surface area contributed by atoms with Gasteiger partial charge in [0.05, 0.1) is 10.4 Å². The highest BCUT2D eigenvalue weighted by molar-refractivity contribution is 7.90. The van der Waals surface area contributed by atoms with Gasteiger partial charge < -0.3 is 10.2 Å². The fraction of sp³-hybridized carbons (Fsp3) is 0.263. The van der Waals surface area contributed by atoms with E-state index in [0.29, 0.717) is 16.1 Å². The number of benzene rings is 2. The quantitative estimate of drug-likeness (QED) is 0.747. The average Bonchev–Trinajstić information content (AvgIpc) is 3.09. The van der Waals surface area contributed by atoms with Crippen molar-refractivity contribution >= 4 is 38.2 Å². The lowest BCUT2D eigenvalue weighted by molar-refractivity contribution is 0.588. The van der Waals surface area contributed by atoms with E-state index in [1.54, 1.807) is 31.3 Å². The van der Waals surface area contributed by atoms with Gasteiger partial charge in [-0.1, -0.05) is 23.7 Å². The molecule has 7 heteroatoms. The van der Waals surface area contributed by atoms with Crippen molar-refractivity contribution < 1.29 is 8.42 Å². The summed E-state index contributed by atoms with van der Waals surface area (Å²) in [6, 6.07) is 12.7. The summed E-state index contributed by atoms with van der Waals surface area (Å²) in [5.41, 5.74) is 2.32. The van der Waals surface area contributed by atoms with Crippen LogP contribution in [0, 0.1) is 6.92 Å². The van der Waals surface area contributed by atoms with E-state index in [2.05, 4.69) is 16.3 Å². The smallest absolute Gasteiger partial charge is 0.268 e. The molecule has 2 aromatic carbocycles. The number of halogens is 1. The molecule has 4 rings (SSSR count). The third-order valence-electron chi connectivity index (χ3n) is 4.89. The topological polar surface area (TPSA) is 54.3 Å². The third kappa shape index (κ3) is 2.78. The molecule has 1 saturated heterocycles. The Morgan fingerprint density at radius 2 is 1.77 bits per heavy atom. The second kappa shape index (κ2) is 6.61. The van der Waals surface area contributed by atoms with Crippen molar-refractivity contribution in [3.63, 3.8) is 0 Å². The Kier molecular flexibility index (Phi) is 4.42. The molecule has 0 radical (unpaired) electrons. The van der Waals surface area contributed by atoms with Crippen LogP contribution in [0.25, 0.3) is 10.9 Å². The Hall–Kier alpha value is -2.02. The Bertz CT molecular complexity index is 1070. The molecule has 0 aliphatic carbocycles. The van der Waals surface area contributed by atoms with E-state index in [9.17, 15) is 8.42 Å². The molecule has 0 spiro atoms. The molecular weight excluding hydrogens is 370 g/mol. The summed E-state index contributed by atoms with van der Waals surface area (Å²) < 4.78 is 27.9. The normalized spacial score (nSPS) is 15.5. The largest absolute Gasteiger partial charge is 0.368 e. The highest BCUT2D eigenvalue weighted by Gasteiger charge is 2.23. The van der Waals surface area contributed by atoms with Crippen molar-refractivity contribution in [1.29, 1.82) is 0 Å². The van der Waals surface area contributed by atoms with Crippen LogP contribution < -0.4 is 10.2 Å². The molecule has 2 heterocycles. The van der Waals surface area contributed by atoms with Crippen molar-refractivity contribution in [2.24, 2.45) is 0 Å². The third-order valence-corrected chi connectivity index (χ3v) is 7.13. The SMILES string of the molecule is Cc1c(Cl)cccc1S(=O)(=O)n1ccc2c(N3CCNCC3)cccc21. The van der Waals surface area contributed by atoms with Gasteiger partial charge in [0.15, 0.2) is 0 Å². The van der Waals surface area contributed by atoms with Crippen LogP contribution in [-0.2, 0) is 10.0 Å². The number of hydrogen-bond acceptors (Lipinski definition) is 4. The number of fused-ring (bicyclic) bond motifs is 1. The molecule has 136 valence electrons. The van der Waals surface area contributed by atoms with Crippen LogP contribution in [0.1, 0.15) is 5.56 Å². The lowest BCUT2D eigenvalue weighted by Crippen LogP contribution is -2.43. The molecule has 0 amide bonds. The minimum Gasteiger partial charge on any atom is -0.368 e. The summed E-state index contributed by atoms with van der Waals surface area (Å²) in [7, 11) is -3.72. The van der Waals surface area contributed by atoms with Crippen molar-refractivity contribution in [3.05, 3.63) is 59.2 Å². The molecule has 1 fully saturated rings. The predicted molar refractivity (Wildman–Crippen MR) is 106 cm³/mol. The van der Waals surface area contributed by atoms with E-state index in [-0.39, 0.29) is 4.90 Å². The van der Waals surface area contributed by atoms with Gasteiger partial charge in [0.25, 0.3) is 10.0 Å². The number of hydrogen-bond donors (Lipinski definition) is 1. The first-order valence-corrected chi connectivity index (χ1v) is 10.4. The molecule has 0 atom stereocenters. The monoisotopic (exact) mass is 389 g/mol. The second-order valence-corrected chi connectivity index (χ2v) is 8.62. The van der Waals surface area contributed by atoms with E-state index < -0.39 is 10.0 Å². The van der Waals surface area contributed by atoms with E-state index in [1.165, 1.54) is 3.97 Å². The maximum Gasteiger partial charge on any atom is 0.268 e. The number of nitrogens with zero attached hydrogens (tertiary/aromatic N) is 2. The summed E-state index contributed by atoms with van der Waals surface area (Å²) in [5, 5.41) is 4.73. The molecule has 26 heavy (non-hydrogen) atoms. The van der Waals surface area contributed by atoms with Gasteiger partial charge in [-0.05, 0) is 42.8 Å². The maximum atomic E-state index is 13.3. The summed E-state index contributed by atoms with van der Waals surface area (Å²) in [5.74, 6) is 0. The minimum atomic E-state index is -3.72. The number of aromatic nitrogens is 1. The van der Waals surface area contributed by atoms with Crippen molar-refractivity contribution in [1.82, 2.24) is 9.29 Å². The standard InChI is InChI=1S/C19H20ClN3O2S/c1-14-16(20)4-2-7-19(14)26(24,25)23-11-8-15-17(5-3-6-18(15)23)22-12-9-21-10-13-22/h2-8,11,21H,9-10,12-13H2,1H3. The molecule has 1 aromatic heterocycles. The number of anilines is 1. The van der Waals surface area contributed by atoms with E-state index in [0.717, 1.165) is 37.3 Å². The zero-order valence-corrected chi connectivity index (χ0v) is 16.0. The van der Waals surface area contributed by atoms with Gasteiger partial charge in [-0.3, -0.25) is 0 Å². The van der Waals surface area contributed by atoms with Gasteiger partial charge in [-0.2, -0.15) is 0 Å². The number of piperazine rings is 1. The van der Waals surface area contributed by atoms with Crippen LogP contribution in [0.15, 0.2) is 53.6 Å². The molecule has 0 saturated carbocycles. The van der Waals surface area contributed by atoms with Crippen molar-refractivity contribution in [3.8, 4) is 0 Å². The maximum absolute atomic E-state index is 13.3. The van der Waals surface area contributed by atoms with Gasteiger partial charge >= 0.3 is 0 Å². The number of nitrogens with one attached hydrogen (secondary N) is 1. The molecular formula is C19H20ClN3O2S. The highest BCUT2D eigenvalue weighted by Crippen LogP contribution is 2.32. The number of rotatable bonds is 3. The lowest BCUT2D eigenvalue weighted by Gasteiger charge is -2.30. The highest BCUT2D eigenvalue weighted by atomic mass is 35.5. The molecule has 1 N–H and O–H groups in total. The van der Waals surface area contributed by atoms with Crippen LogP contribution in [-0.4, -0.2) is 38.6 Å². The first kappa shape index (κ1) is 17.4. The molecule has 0 unspecified atom stereocenters. The first-order valence-electron chi connectivity index (χ1n) is 8.56. The van der Waals surface area contributed by atoms with Crippen LogP contribution >= 0.6 is 11.6 Å². The van der Waals surface area contributed by atoms with E-state index in [4.69, 9.17) is 11.6 Å². The van der Waals surface area contributed by atoms with E-state index in [1.807, 2.05) is 18.2 Å². The fourth-order valence-electron chi connectivity index (χ4n) is 3.49. The Balaban J connectivity index is 1.86. The first-order chi connectivity index (χ1) is 12.5. The van der Waals surface area contributed by atoms with Gasteiger partial charge in [0, 0.05) is 48.5 Å². The molecule has 1 aliphatic heterocycles. The van der Waals surface area contributed by atoms with Crippen LogP contribution in [0.4, 0.5) is 5.69 Å². The molecule has 0 bridgehead atoms. The van der Waals surface area contributed by atoms with Crippen molar-refractivity contribution in [2.45, 2.75) is 11.8 Å². The van der Waals surface area contributed by atoms with Gasteiger partial charge in [0.1, 0.15) is 0 Å². The average molecular weight is 390 g/mol. The Morgan fingerprint density at radius 1 is 1.04 bits per heavy atom. The van der Waals surface area contributed by atoms with Gasteiger partial charge in [-0.15, -0.1) is 0 Å². The van der Waals surface area contributed by atoms with Crippen LogP contribution in [0.3, 0.4) is 0 Å². The summed E-state index contributed by atoms with van der Waals surface area (Å²) in [6.07, 6.45) is 1.63. The zero-order valence-electron chi connectivity index (χ0n) is 14.4. The second-order valence-electron chi connectivity index (χ2n) is 6.43. The molecule has 3 aromatic rings. The fourth-order valence-corrected chi connectivity index (χ4v) is 5.32. The Labute approximate surface area is 158 Å². The summed E-state index contributed by atoms with van der Waals surface area (Å²) >= 11 is 6.14. The van der Waals surface area contributed by atoms with Crippen LogP contribution in [0.2, 0.25) is 5.02 Å². The van der Waals surface area contributed by atoms with Crippen LogP contribution in [0.5, 0.6) is 0 Å². The summed E-state index contributed by atoms with van der Waals surface area (Å²) in [6.45, 7) is 5.40. The predicted octanol–water partition coefficient (Wildman–Crippen LogP) is 3.25. The zero-order chi connectivity index (χ0) is 18.3. The van der Waals surface area contributed by atoms with Gasteiger partial charge in [-0.25, -0.2) is 12.4 Å². The molecule has 5 nitrogen and oxygen atoms in total. The van der Waals surface area contributed by atoms with Gasteiger partial charge in [0.2, 0.25) is 0 Å².